The number of carboxylic acids is 1. The van der Waals surface area contributed by atoms with Gasteiger partial charge in [-0.1, -0.05) is 12.1 Å². The highest BCUT2D eigenvalue weighted by molar-refractivity contribution is 5.85. The number of hydrogen-bond donors (Lipinski definition) is 1. The number of carbonyl (C=O) groups excluding carboxylic acids is 1. The molecule has 1 aromatic rings. The van der Waals surface area contributed by atoms with E-state index in [-0.39, 0.29) is 18.6 Å². The molecule has 1 aromatic carbocycles. The zero-order valence-electron chi connectivity index (χ0n) is 12.0. The second kappa shape index (κ2) is 7.30. The molecule has 0 spiro atoms. The molecular formula is C16H15F3O4. The zero-order chi connectivity index (χ0) is 17.0. The number of rotatable bonds is 4. The number of esters is 1. The van der Waals surface area contributed by atoms with Gasteiger partial charge in [-0.2, -0.15) is 0 Å². The first-order chi connectivity index (χ1) is 10.9. The van der Waals surface area contributed by atoms with E-state index in [2.05, 4.69) is 0 Å². The average Bonchev–Trinajstić information content (AvgIpc) is 2.52. The molecule has 1 aliphatic carbocycles. The third-order valence-electron chi connectivity index (χ3n) is 3.61. The number of ether oxygens (including phenoxy) is 1. The maximum Gasteiger partial charge on any atom is 0.328 e. The van der Waals surface area contributed by atoms with Crippen molar-refractivity contribution in [2.75, 3.05) is 0 Å². The van der Waals surface area contributed by atoms with E-state index < -0.39 is 36.4 Å². The second-order valence-corrected chi connectivity index (χ2v) is 5.25. The van der Waals surface area contributed by atoms with Gasteiger partial charge in [0.25, 0.3) is 0 Å². The Bertz CT molecular complexity index is 600. The molecule has 4 unspecified atom stereocenters. The third kappa shape index (κ3) is 4.34. The van der Waals surface area contributed by atoms with Gasteiger partial charge in [0.05, 0.1) is 5.92 Å². The lowest BCUT2D eigenvalue weighted by molar-refractivity contribution is -0.145. The van der Waals surface area contributed by atoms with Crippen molar-refractivity contribution in [1.82, 2.24) is 0 Å². The van der Waals surface area contributed by atoms with Crippen molar-refractivity contribution in [2.45, 2.75) is 31.4 Å². The first-order valence-corrected chi connectivity index (χ1v) is 7.03. The minimum absolute atomic E-state index is 0.110. The van der Waals surface area contributed by atoms with Crippen molar-refractivity contribution in [2.24, 2.45) is 5.92 Å². The van der Waals surface area contributed by atoms with Crippen LogP contribution in [0.3, 0.4) is 0 Å². The SMILES string of the molecule is O=C(O)C=Cc1ccc(OC(=O)C2CCC(F)C(F)C2F)cc1. The molecule has 4 atom stereocenters. The fourth-order valence-electron chi connectivity index (χ4n) is 2.33. The Morgan fingerprint density at radius 1 is 1.09 bits per heavy atom. The van der Waals surface area contributed by atoms with Gasteiger partial charge in [0.15, 0.2) is 6.17 Å². The van der Waals surface area contributed by atoms with Crippen molar-refractivity contribution in [3.63, 3.8) is 0 Å². The standard InChI is InChI=1S/C16H15F3O4/c17-12-7-6-11(14(18)15(12)19)16(22)23-10-4-1-9(2-5-10)3-8-13(20)21/h1-5,8,11-12,14-15H,6-7H2,(H,20,21). The van der Waals surface area contributed by atoms with Crippen molar-refractivity contribution >= 4 is 18.0 Å². The first-order valence-electron chi connectivity index (χ1n) is 7.03. The van der Waals surface area contributed by atoms with Crippen LogP contribution >= 0.6 is 0 Å². The summed E-state index contributed by atoms with van der Waals surface area (Å²) in [4.78, 5) is 22.3. The number of alkyl halides is 3. The maximum absolute atomic E-state index is 13.7. The Morgan fingerprint density at radius 3 is 2.35 bits per heavy atom. The third-order valence-corrected chi connectivity index (χ3v) is 3.61. The Labute approximate surface area is 130 Å². The number of benzene rings is 1. The molecule has 1 aliphatic rings. The molecule has 0 saturated heterocycles. The highest BCUT2D eigenvalue weighted by Crippen LogP contribution is 2.32. The Kier molecular flexibility index (Phi) is 5.41. The molecule has 2 rings (SSSR count). The normalized spacial score (nSPS) is 27.8. The molecule has 0 aromatic heterocycles. The molecule has 0 heterocycles. The summed E-state index contributed by atoms with van der Waals surface area (Å²) >= 11 is 0. The van der Waals surface area contributed by atoms with Crippen LogP contribution in [0.5, 0.6) is 5.75 Å². The number of carboxylic acid groups (broad SMARTS) is 1. The molecule has 1 saturated carbocycles. The molecule has 124 valence electrons. The van der Waals surface area contributed by atoms with Crippen LogP contribution in [0.15, 0.2) is 30.3 Å². The van der Waals surface area contributed by atoms with Crippen LogP contribution in [0.4, 0.5) is 13.2 Å². The van der Waals surface area contributed by atoms with Gasteiger partial charge in [0.1, 0.15) is 18.1 Å². The predicted octanol–water partition coefficient (Wildman–Crippen LogP) is 3.11. The quantitative estimate of drug-likeness (QED) is 0.524. The van der Waals surface area contributed by atoms with Crippen LogP contribution in [0.25, 0.3) is 6.08 Å². The van der Waals surface area contributed by atoms with Crippen LogP contribution < -0.4 is 4.74 Å². The Balaban J connectivity index is 1.99. The average molecular weight is 328 g/mol. The fourth-order valence-corrected chi connectivity index (χ4v) is 2.33. The van der Waals surface area contributed by atoms with Gasteiger partial charge in [-0.3, -0.25) is 4.79 Å². The van der Waals surface area contributed by atoms with Crippen molar-refractivity contribution in [3.8, 4) is 5.75 Å². The highest BCUT2D eigenvalue weighted by Gasteiger charge is 2.44. The van der Waals surface area contributed by atoms with Crippen LogP contribution in [-0.4, -0.2) is 35.6 Å². The van der Waals surface area contributed by atoms with Gasteiger partial charge in [-0.05, 0) is 36.6 Å². The lowest BCUT2D eigenvalue weighted by Crippen LogP contribution is -2.43. The van der Waals surface area contributed by atoms with Gasteiger partial charge in [0.2, 0.25) is 0 Å². The summed E-state index contributed by atoms with van der Waals surface area (Å²) in [5, 5.41) is 8.51. The lowest BCUT2D eigenvalue weighted by Gasteiger charge is -2.29. The van der Waals surface area contributed by atoms with Gasteiger partial charge in [0, 0.05) is 6.08 Å². The Morgan fingerprint density at radius 2 is 1.74 bits per heavy atom. The van der Waals surface area contributed by atoms with Crippen molar-refractivity contribution in [1.29, 1.82) is 0 Å². The van der Waals surface area contributed by atoms with E-state index in [0.29, 0.717) is 5.56 Å². The minimum Gasteiger partial charge on any atom is -0.478 e. The number of hydrogen-bond acceptors (Lipinski definition) is 3. The topological polar surface area (TPSA) is 63.6 Å². The largest absolute Gasteiger partial charge is 0.478 e. The van der Waals surface area contributed by atoms with Gasteiger partial charge < -0.3 is 9.84 Å². The minimum atomic E-state index is -2.31. The first kappa shape index (κ1) is 17.1. The molecule has 7 heteroatoms. The van der Waals surface area contributed by atoms with E-state index in [9.17, 15) is 22.8 Å². The summed E-state index contributed by atoms with van der Waals surface area (Å²) in [5.74, 6) is -3.25. The number of halogens is 3. The Hall–Kier alpha value is -2.31. The number of carbonyl (C=O) groups is 2. The maximum atomic E-state index is 13.7. The van der Waals surface area contributed by atoms with E-state index in [1.54, 1.807) is 0 Å². The summed E-state index contributed by atoms with van der Waals surface area (Å²) in [6, 6.07) is 5.82. The predicted molar refractivity (Wildman–Crippen MR) is 76.2 cm³/mol. The molecule has 0 radical (unpaired) electrons. The zero-order valence-corrected chi connectivity index (χ0v) is 12.0. The van der Waals surface area contributed by atoms with E-state index >= 15 is 0 Å². The van der Waals surface area contributed by atoms with Crippen LogP contribution in [0, 0.1) is 5.92 Å². The summed E-state index contributed by atoms with van der Waals surface area (Å²) < 4.78 is 45.0. The summed E-state index contributed by atoms with van der Waals surface area (Å²) in [6.07, 6.45) is -4.46. The summed E-state index contributed by atoms with van der Waals surface area (Å²) in [6.45, 7) is 0. The van der Waals surface area contributed by atoms with Gasteiger partial charge in [-0.15, -0.1) is 0 Å². The molecular weight excluding hydrogens is 313 g/mol. The monoisotopic (exact) mass is 328 g/mol. The molecule has 23 heavy (non-hydrogen) atoms. The van der Waals surface area contributed by atoms with Gasteiger partial charge in [-0.25, -0.2) is 18.0 Å². The van der Waals surface area contributed by atoms with E-state index in [0.717, 1.165) is 6.08 Å². The van der Waals surface area contributed by atoms with E-state index in [1.165, 1.54) is 30.3 Å². The van der Waals surface area contributed by atoms with Gasteiger partial charge >= 0.3 is 11.9 Å². The van der Waals surface area contributed by atoms with E-state index in [1.807, 2.05) is 0 Å². The molecule has 0 aliphatic heterocycles. The molecule has 4 nitrogen and oxygen atoms in total. The lowest BCUT2D eigenvalue weighted by atomic mass is 9.85. The molecule has 1 fully saturated rings. The highest BCUT2D eigenvalue weighted by atomic mass is 19.2. The smallest absolute Gasteiger partial charge is 0.328 e. The van der Waals surface area contributed by atoms with Crippen molar-refractivity contribution < 1.29 is 32.6 Å². The fraction of sp³-hybridized carbons (Fsp3) is 0.375. The van der Waals surface area contributed by atoms with Crippen LogP contribution in [0.1, 0.15) is 18.4 Å². The number of aliphatic carboxylic acids is 1. The second-order valence-electron chi connectivity index (χ2n) is 5.25. The molecule has 0 amide bonds. The van der Waals surface area contributed by atoms with E-state index in [4.69, 9.17) is 9.84 Å². The molecule has 0 bridgehead atoms. The van der Waals surface area contributed by atoms with Crippen molar-refractivity contribution in [3.05, 3.63) is 35.9 Å². The summed E-state index contributed by atoms with van der Waals surface area (Å²) in [5.41, 5.74) is 0.567. The summed E-state index contributed by atoms with van der Waals surface area (Å²) in [7, 11) is 0. The molecule has 1 N–H and O–H groups in total. The van der Waals surface area contributed by atoms with Crippen LogP contribution in [0.2, 0.25) is 0 Å². The van der Waals surface area contributed by atoms with Crippen LogP contribution in [-0.2, 0) is 9.59 Å².